The molecule has 0 bridgehead atoms. The predicted octanol–water partition coefficient (Wildman–Crippen LogP) is 23.2. The van der Waals surface area contributed by atoms with Crippen LogP contribution in [0.5, 0.6) is 0 Å². The second-order valence-corrected chi connectivity index (χ2v) is 23.1. The molecule has 0 N–H and O–H groups in total. The van der Waals surface area contributed by atoms with E-state index < -0.39 is 6.10 Å². The van der Waals surface area contributed by atoms with Crippen LogP contribution < -0.4 is 0 Å². The first-order valence-electron chi connectivity index (χ1n) is 34.0. The van der Waals surface area contributed by atoms with E-state index in [4.69, 9.17) is 14.2 Å². The van der Waals surface area contributed by atoms with Crippen molar-refractivity contribution in [1.29, 1.82) is 0 Å². The van der Waals surface area contributed by atoms with Crippen LogP contribution in [0.4, 0.5) is 0 Å². The molecule has 6 heteroatoms. The first-order chi connectivity index (χ1) is 37.5. The molecule has 76 heavy (non-hydrogen) atoms. The summed E-state index contributed by atoms with van der Waals surface area (Å²) in [5.74, 6) is -0.852. The number of allylic oxidation sites excluding steroid dienone is 6. The van der Waals surface area contributed by atoms with Gasteiger partial charge in [0.15, 0.2) is 6.10 Å². The van der Waals surface area contributed by atoms with Gasteiger partial charge in [-0.3, -0.25) is 14.4 Å². The van der Waals surface area contributed by atoms with E-state index in [9.17, 15) is 14.4 Å². The van der Waals surface area contributed by atoms with Crippen molar-refractivity contribution in [3.05, 3.63) is 36.5 Å². The molecule has 6 nitrogen and oxygen atoms in total. The Hall–Kier alpha value is -2.37. The summed E-state index contributed by atoms with van der Waals surface area (Å²) < 4.78 is 17.0. The summed E-state index contributed by atoms with van der Waals surface area (Å²) in [5.41, 5.74) is 0. The molecule has 0 aromatic carbocycles. The molecule has 0 aliphatic carbocycles. The van der Waals surface area contributed by atoms with Crippen LogP contribution in [0.25, 0.3) is 0 Å². The molecule has 0 aromatic heterocycles. The molecular formula is C70H130O6. The van der Waals surface area contributed by atoms with E-state index in [2.05, 4.69) is 57.2 Å². The average Bonchev–Trinajstić information content (AvgIpc) is 3.42. The van der Waals surface area contributed by atoms with Crippen LogP contribution in [0.15, 0.2) is 36.5 Å². The summed E-state index contributed by atoms with van der Waals surface area (Å²) in [5, 5.41) is 0. The van der Waals surface area contributed by atoms with E-state index in [1.165, 1.54) is 263 Å². The summed E-state index contributed by atoms with van der Waals surface area (Å²) in [6, 6.07) is 0. The van der Waals surface area contributed by atoms with Crippen LogP contribution >= 0.6 is 0 Å². The zero-order chi connectivity index (χ0) is 55.0. The first-order valence-corrected chi connectivity index (χ1v) is 34.0. The predicted molar refractivity (Wildman–Crippen MR) is 330 cm³/mol. The average molecular weight is 1070 g/mol. The molecule has 0 saturated carbocycles. The minimum atomic E-state index is -0.773. The second kappa shape index (κ2) is 65.2. The quantitative estimate of drug-likeness (QED) is 0.0261. The Morgan fingerprint density at radius 3 is 0.750 bits per heavy atom. The molecule has 0 fully saturated rings. The largest absolute Gasteiger partial charge is 0.462 e. The fourth-order valence-corrected chi connectivity index (χ4v) is 10.2. The van der Waals surface area contributed by atoms with Gasteiger partial charge in [0.25, 0.3) is 0 Å². The lowest BCUT2D eigenvalue weighted by atomic mass is 10.0. The van der Waals surface area contributed by atoms with Gasteiger partial charge >= 0.3 is 17.9 Å². The standard InChI is InChI=1S/C70H130O6/c1-4-7-10-13-16-19-22-25-27-29-31-32-33-34-35-36-37-38-39-41-42-45-48-51-54-57-60-63-69(72)75-66-67(65-74-68(71)62-59-56-53-50-47-44-24-21-18-15-12-9-6-3)76-70(73)64-61-58-55-52-49-46-43-40-30-28-26-23-20-17-14-11-8-5-2/h21-22,24-25,29,31,67H,4-20,23,26-28,30,32-66H2,1-3H3/b24-21-,25-22-,31-29-. The van der Waals surface area contributed by atoms with Crippen LogP contribution in [0.3, 0.4) is 0 Å². The van der Waals surface area contributed by atoms with Crippen molar-refractivity contribution in [1.82, 2.24) is 0 Å². The highest BCUT2D eigenvalue weighted by Crippen LogP contribution is 2.18. The number of ether oxygens (including phenoxy) is 3. The van der Waals surface area contributed by atoms with E-state index in [1.54, 1.807) is 0 Å². The number of carbonyl (C=O) groups is 3. The van der Waals surface area contributed by atoms with Crippen molar-refractivity contribution in [2.75, 3.05) is 13.2 Å². The monoisotopic (exact) mass is 1070 g/mol. The number of hydrogen-bond acceptors (Lipinski definition) is 6. The molecule has 446 valence electrons. The van der Waals surface area contributed by atoms with Crippen molar-refractivity contribution in [3.8, 4) is 0 Å². The molecule has 0 radical (unpaired) electrons. The van der Waals surface area contributed by atoms with Crippen LogP contribution in [0, 0.1) is 0 Å². The molecule has 0 rings (SSSR count). The third kappa shape index (κ3) is 62.5. The summed E-state index contributed by atoms with van der Waals surface area (Å²) >= 11 is 0. The maximum atomic E-state index is 12.9. The van der Waals surface area contributed by atoms with E-state index in [-0.39, 0.29) is 31.1 Å². The Morgan fingerprint density at radius 2 is 0.474 bits per heavy atom. The Labute approximate surface area is 474 Å². The SMILES string of the molecule is CCCCCC/C=C\CCCCCCCC(=O)OCC(COC(=O)CCCCCCCCCCCCCCCCC/C=C\C/C=C\CCCCCCC)OC(=O)CCCCCCCCCCCCCCCCCCCC. The fourth-order valence-electron chi connectivity index (χ4n) is 10.2. The summed E-state index contributed by atoms with van der Waals surface area (Å²) in [7, 11) is 0. The Balaban J connectivity index is 4.21. The second-order valence-electron chi connectivity index (χ2n) is 23.1. The fraction of sp³-hybridized carbons (Fsp3) is 0.871. The minimum absolute atomic E-state index is 0.0696. The molecule has 0 aromatic rings. The number of unbranched alkanes of at least 4 members (excludes halogenated alkanes) is 46. The minimum Gasteiger partial charge on any atom is -0.462 e. The third-order valence-electron chi connectivity index (χ3n) is 15.4. The van der Waals surface area contributed by atoms with E-state index >= 15 is 0 Å². The van der Waals surface area contributed by atoms with Crippen molar-refractivity contribution in [2.24, 2.45) is 0 Å². The van der Waals surface area contributed by atoms with Crippen molar-refractivity contribution >= 4 is 17.9 Å². The molecule has 0 spiro atoms. The van der Waals surface area contributed by atoms with Gasteiger partial charge in [0.1, 0.15) is 13.2 Å². The highest BCUT2D eigenvalue weighted by atomic mass is 16.6. The number of carbonyl (C=O) groups excluding carboxylic acids is 3. The molecule has 1 atom stereocenters. The lowest BCUT2D eigenvalue weighted by molar-refractivity contribution is -0.167. The number of hydrogen-bond donors (Lipinski definition) is 0. The summed E-state index contributed by atoms with van der Waals surface area (Å²) in [4.78, 5) is 38.3. The highest BCUT2D eigenvalue weighted by molar-refractivity contribution is 5.71. The number of esters is 3. The molecule has 0 amide bonds. The van der Waals surface area contributed by atoms with Gasteiger partial charge in [-0.2, -0.15) is 0 Å². The lowest BCUT2D eigenvalue weighted by Crippen LogP contribution is -2.30. The smallest absolute Gasteiger partial charge is 0.306 e. The molecule has 1 unspecified atom stereocenters. The Kier molecular flexibility index (Phi) is 63.1. The topological polar surface area (TPSA) is 78.9 Å². The van der Waals surface area contributed by atoms with Crippen LogP contribution in [0.1, 0.15) is 374 Å². The van der Waals surface area contributed by atoms with Crippen LogP contribution in [0.2, 0.25) is 0 Å². The van der Waals surface area contributed by atoms with Gasteiger partial charge in [-0.1, -0.05) is 314 Å². The maximum absolute atomic E-state index is 12.9. The molecule has 0 saturated heterocycles. The first kappa shape index (κ1) is 73.6. The van der Waals surface area contributed by atoms with Crippen LogP contribution in [-0.4, -0.2) is 37.2 Å². The van der Waals surface area contributed by atoms with Crippen molar-refractivity contribution < 1.29 is 28.6 Å². The van der Waals surface area contributed by atoms with Gasteiger partial charge in [-0.05, 0) is 77.0 Å². The van der Waals surface area contributed by atoms with E-state index in [0.29, 0.717) is 19.3 Å². The zero-order valence-corrected chi connectivity index (χ0v) is 51.3. The molecule has 0 aliphatic rings. The third-order valence-corrected chi connectivity index (χ3v) is 15.4. The van der Waals surface area contributed by atoms with Crippen molar-refractivity contribution in [2.45, 2.75) is 380 Å². The van der Waals surface area contributed by atoms with Gasteiger partial charge < -0.3 is 14.2 Å². The van der Waals surface area contributed by atoms with Crippen LogP contribution in [-0.2, 0) is 28.6 Å². The molecule has 0 heterocycles. The van der Waals surface area contributed by atoms with Gasteiger partial charge in [0.2, 0.25) is 0 Å². The molecular weight excluding hydrogens is 937 g/mol. The maximum Gasteiger partial charge on any atom is 0.306 e. The number of rotatable bonds is 63. The van der Waals surface area contributed by atoms with Gasteiger partial charge in [0, 0.05) is 19.3 Å². The van der Waals surface area contributed by atoms with Gasteiger partial charge in [0.05, 0.1) is 0 Å². The van der Waals surface area contributed by atoms with E-state index in [0.717, 1.165) is 70.6 Å². The van der Waals surface area contributed by atoms with Crippen molar-refractivity contribution in [3.63, 3.8) is 0 Å². The van der Waals surface area contributed by atoms with E-state index in [1.807, 2.05) is 0 Å². The zero-order valence-electron chi connectivity index (χ0n) is 51.3. The van der Waals surface area contributed by atoms with Gasteiger partial charge in [-0.25, -0.2) is 0 Å². The summed E-state index contributed by atoms with van der Waals surface area (Å²) in [6.07, 6.45) is 80.2. The highest BCUT2D eigenvalue weighted by Gasteiger charge is 2.19. The lowest BCUT2D eigenvalue weighted by Gasteiger charge is -2.18. The normalized spacial score (nSPS) is 12.2. The summed E-state index contributed by atoms with van der Waals surface area (Å²) in [6.45, 7) is 6.67. The Morgan fingerprint density at radius 1 is 0.263 bits per heavy atom. The molecule has 0 aliphatic heterocycles. The van der Waals surface area contributed by atoms with Gasteiger partial charge in [-0.15, -0.1) is 0 Å². The Bertz CT molecular complexity index is 1270.